The van der Waals surface area contributed by atoms with E-state index >= 15 is 0 Å². The molecular formula is C15H20N4O3S. The predicted molar refractivity (Wildman–Crippen MR) is 86.6 cm³/mol. The molecule has 0 unspecified atom stereocenters. The first kappa shape index (κ1) is 15.9. The summed E-state index contributed by atoms with van der Waals surface area (Å²) in [5, 5.41) is 3.27. The first-order valence-electron chi connectivity index (χ1n) is 7.50. The van der Waals surface area contributed by atoms with Crippen molar-refractivity contribution in [1.29, 1.82) is 0 Å². The normalized spacial score (nSPS) is 15.9. The fraction of sp³-hybridized carbons (Fsp3) is 0.467. The largest absolute Gasteiger partial charge is 0.465 e. The Balaban J connectivity index is 1.77. The van der Waals surface area contributed by atoms with Crippen LogP contribution < -0.4 is 5.32 Å². The highest BCUT2D eigenvalue weighted by molar-refractivity contribution is 7.88. The van der Waals surface area contributed by atoms with Crippen molar-refractivity contribution in [1.82, 2.24) is 14.3 Å². The second kappa shape index (κ2) is 6.29. The van der Waals surface area contributed by atoms with Gasteiger partial charge in [0.25, 0.3) is 0 Å². The monoisotopic (exact) mass is 336 g/mol. The number of fused-ring (bicyclic) bond motifs is 1. The van der Waals surface area contributed by atoms with Crippen LogP contribution in [0.4, 0.5) is 5.82 Å². The molecule has 3 heterocycles. The maximum Gasteiger partial charge on any atom is 0.211 e. The quantitative estimate of drug-likeness (QED) is 0.907. The molecule has 3 rings (SSSR count). The number of hydrogen-bond donors (Lipinski definition) is 1. The zero-order chi connectivity index (χ0) is 16.4. The summed E-state index contributed by atoms with van der Waals surface area (Å²) in [5.74, 6) is 2.45. The van der Waals surface area contributed by atoms with Crippen molar-refractivity contribution in [3.8, 4) is 0 Å². The molecule has 23 heavy (non-hydrogen) atoms. The molecule has 0 radical (unpaired) electrons. The first-order chi connectivity index (χ1) is 10.9. The van der Waals surface area contributed by atoms with Crippen LogP contribution in [0.5, 0.6) is 0 Å². The molecule has 1 aliphatic heterocycles. The summed E-state index contributed by atoms with van der Waals surface area (Å²) in [6, 6.07) is 3.84. The molecule has 124 valence electrons. The van der Waals surface area contributed by atoms with Gasteiger partial charge < -0.3 is 9.73 Å². The average Bonchev–Trinajstić information content (AvgIpc) is 2.77. The van der Waals surface area contributed by atoms with Crippen LogP contribution in [-0.4, -0.2) is 42.0 Å². The molecule has 1 N–H and O–H groups in total. The van der Waals surface area contributed by atoms with E-state index in [1.165, 1.54) is 16.9 Å². The number of furan rings is 1. The van der Waals surface area contributed by atoms with Crippen molar-refractivity contribution in [2.24, 2.45) is 0 Å². The summed E-state index contributed by atoms with van der Waals surface area (Å²) in [6.07, 6.45) is 3.96. The van der Waals surface area contributed by atoms with E-state index in [-0.39, 0.29) is 0 Å². The van der Waals surface area contributed by atoms with E-state index in [0.29, 0.717) is 32.5 Å². The summed E-state index contributed by atoms with van der Waals surface area (Å²) in [7, 11) is -3.18. The van der Waals surface area contributed by atoms with Gasteiger partial charge in [0.05, 0.1) is 18.5 Å². The number of sulfonamides is 1. The molecule has 0 aromatic carbocycles. The third kappa shape index (κ3) is 3.70. The lowest BCUT2D eigenvalue weighted by molar-refractivity contribution is 0.430. The van der Waals surface area contributed by atoms with Crippen LogP contribution in [0.3, 0.4) is 0 Å². The molecule has 0 fully saturated rings. The number of rotatable bonds is 4. The topological polar surface area (TPSA) is 88.3 Å². The van der Waals surface area contributed by atoms with Crippen molar-refractivity contribution >= 4 is 15.8 Å². The second-order valence-corrected chi connectivity index (χ2v) is 7.66. The predicted octanol–water partition coefficient (Wildman–Crippen LogP) is 1.35. The van der Waals surface area contributed by atoms with E-state index in [2.05, 4.69) is 15.3 Å². The Bertz CT molecular complexity index is 801. The molecule has 2 aromatic heterocycles. The lowest BCUT2D eigenvalue weighted by Gasteiger charge is -2.16. The highest BCUT2D eigenvalue weighted by Gasteiger charge is 2.23. The molecule has 0 spiro atoms. The number of aromatic nitrogens is 2. The molecule has 7 nitrogen and oxygen atoms in total. The molecule has 2 aromatic rings. The van der Waals surface area contributed by atoms with Crippen LogP contribution in [0, 0.1) is 6.92 Å². The van der Waals surface area contributed by atoms with Gasteiger partial charge in [-0.05, 0) is 25.5 Å². The van der Waals surface area contributed by atoms with E-state index in [1.807, 2.05) is 19.1 Å². The maximum absolute atomic E-state index is 11.7. The van der Waals surface area contributed by atoms with Crippen LogP contribution in [0.25, 0.3) is 0 Å². The van der Waals surface area contributed by atoms with Crippen molar-refractivity contribution < 1.29 is 12.8 Å². The molecule has 0 atom stereocenters. The first-order valence-corrected chi connectivity index (χ1v) is 9.35. The maximum atomic E-state index is 11.7. The van der Waals surface area contributed by atoms with Crippen LogP contribution in [0.1, 0.15) is 22.8 Å². The Hall–Kier alpha value is -1.93. The molecule has 0 aliphatic carbocycles. The van der Waals surface area contributed by atoms with Gasteiger partial charge in [0.2, 0.25) is 10.0 Å². The molecule has 8 heteroatoms. The molecule has 1 aliphatic rings. The lowest BCUT2D eigenvalue weighted by Crippen LogP contribution is -2.32. The highest BCUT2D eigenvalue weighted by Crippen LogP contribution is 2.22. The van der Waals surface area contributed by atoms with Gasteiger partial charge in [0.1, 0.15) is 23.7 Å². The number of hydrogen-bond acceptors (Lipinski definition) is 6. The van der Waals surface area contributed by atoms with Crippen molar-refractivity contribution in [2.75, 3.05) is 24.7 Å². The van der Waals surface area contributed by atoms with Crippen LogP contribution in [-0.2, 0) is 29.4 Å². The Morgan fingerprint density at radius 2 is 2.04 bits per heavy atom. The minimum atomic E-state index is -3.18. The molecule has 0 bridgehead atoms. The van der Waals surface area contributed by atoms with E-state index in [4.69, 9.17) is 4.42 Å². The zero-order valence-electron chi connectivity index (χ0n) is 13.2. The van der Waals surface area contributed by atoms with Gasteiger partial charge in [-0.25, -0.2) is 22.7 Å². The van der Waals surface area contributed by atoms with E-state index in [0.717, 1.165) is 28.6 Å². The van der Waals surface area contributed by atoms with Gasteiger partial charge in [-0.2, -0.15) is 0 Å². The minimum Gasteiger partial charge on any atom is -0.465 e. The second-order valence-electron chi connectivity index (χ2n) is 5.68. The molecule has 0 amide bonds. The molecular weight excluding hydrogens is 316 g/mol. The summed E-state index contributed by atoms with van der Waals surface area (Å²) in [4.78, 5) is 8.63. The lowest BCUT2D eigenvalue weighted by atomic mass is 10.1. The smallest absolute Gasteiger partial charge is 0.211 e. The van der Waals surface area contributed by atoms with Gasteiger partial charge in [0, 0.05) is 25.1 Å². The highest BCUT2D eigenvalue weighted by atomic mass is 32.2. The number of aryl methyl sites for hydroxylation is 1. The Labute approximate surface area is 135 Å². The van der Waals surface area contributed by atoms with Gasteiger partial charge in [-0.15, -0.1) is 0 Å². The SMILES string of the molecule is Cc1ccc(CNc2ncnc3c2CCN(S(C)(=O)=O)CC3)o1. The van der Waals surface area contributed by atoms with Crippen molar-refractivity contribution in [2.45, 2.75) is 26.3 Å². The van der Waals surface area contributed by atoms with Crippen LogP contribution in [0.2, 0.25) is 0 Å². The Kier molecular flexibility index (Phi) is 4.36. The standard InChI is InChI=1S/C15H20N4O3S/c1-11-3-4-12(22-11)9-16-15-13-5-7-19(23(2,20)21)8-6-14(13)17-10-18-15/h3-4,10H,5-9H2,1-2H3,(H,16,17,18). The summed E-state index contributed by atoms with van der Waals surface area (Å²) >= 11 is 0. The molecule has 0 saturated carbocycles. The van der Waals surface area contributed by atoms with E-state index in [9.17, 15) is 8.42 Å². The number of nitrogens with zero attached hydrogens (tertiary/aromatic N) is 3. The van der Waals surface area contributed by atoms with E-state index < -0.39 is 10.0 Å². The Morgan fingerprint density at radius 3 is 2.74 bits per heavy atom. The number of nitrogens with one attached hydrogen (secondary N) is 1. The van der Waals surface area contributed by atoms with Crippen molar-refractivity contribution in [3.63, 3.8) is 0 Å². The number of anilines is 1. The summed E-state index contributed by atoms with van der Waals surface area (Å²) in [6.45, 7) is 3.35. The van der Waals surface area contributed by atoms with Gasteiger partial charge >= 0.3 is 0 Å². The fourth-order valence-electron chi connectivity index (χ4n) is 2.74. The Morgan fingerprint density at radius 1 is 1.26 bits per heavy atom. The fourth-order valence-corrected chi connectivity index (χ4v) is 3.59. The van der Waals surface area contributed by atoms with Crippen LogP contribution >= 0.6 is 0 Å². The van der Waals surface area contributed by atoms with Gasteiger partial charge in [-0.1, -0.05) is 0 Å². The average molecular weight is 336 g/mol. The zero-order valence-corrected chi connectivity index (χ0v) is 14.1. The molecule has 0 saturated heterocycles. The van der Waals surface area contributed by atoms with Gasteiger partial charge in [-0.3, -0.25) is 0 Å². The summed E-state index contributed by atoms with van der Waals surface area (Å²) in [5.41, 5.74) is 1.89. The summed E-state index contributed by atoms with van der Waals surface area (Å²) < 4.78 is 30.5. The van der Waals surface area contributed by atoms with Crippen molar-refractivity contribution in [3.05, 3.63) is 41.2 Å². The third-order valence-electron chi connectivity index (χ3n) is 3.94. The van der Waals surface area contributed by atoms with Crippen LogP contribution in [0.15, 0.2) is 22.9 Å². The van der Waals surface area contributed by atoms with E-state index in [1.54, 1.807) is 0 Å². The third-order valence-corrected chi connectivity index (χ3v) is 5.24. The van der Waals surface area contributed by atoms with Gasteiger partial charge in [0.15, 0.2) is 0 Å². The minimum absolute atomic E-state index is 0.452.